The molecule has 34 heavy (non-hydrogen) atoms. The quantitative estimate of drug-likeness (QED) is 0.509. The van der Waals surface area contributed by atoms with E-state index < -0.39 is 5.41 Å². The number of ketones is 1. The summed E-state index contributed by atoms with van der Waals surface area (Å²) in [5, 5.41) is 10.4. The third kappa shape index (κ3) is 3.43. The maximum atomic E-state index is 12.4. The zero-order valence-electron chi connectivity index (χ0n) is 19.7. The number of fused-ring (bicyclic) bond motifs is 4. The van der Waals surface area contributed by atoms with E-state index >= 15 is 0 Å². The van der Waals surface area contributed by atoms with Crippen LogP contribution in [0.15, 0.2) is 36.7 Å². The van der Waals surface area contributed by atoms with E-state index in [9.17, 15) is 9.90 Å². The molecule has 8 heteroatoms. The molecule has 4 aliphatic rings. The Morgan fingerprint density at radius 3 is 2.00 bits per heavy atom. The predicted molar refractivity (Wildman–Crippen MR) is 130 cm³/mol. The summed E-state index contributed by atoms with van der Waals surface area (Å²) in [4.78, 5) is 29.3. The number of anilines is 2. The molecule has 0 saturated heterocycles. The Bertz CT molecular complexity index is 1170. The second-order valence-corrected chi connectivity index (χ2v) is 10.2. The molecule has 8 nitrogen and oxygen atoms in total. The maximum absolute atomic E-state index is 12.4. The molecule has 178 valence electrons. The molecule has 2 spiro atoms. The molecular formula is C26H32N6O2. The Morgan fingerprint density at radius 2 is 1.38 bits per heavy atom. The molecule has 2 aromatic rings. The van der Waals surface area contributed by atoms with Crippen LogP contribution >= 0.6 is 0 Å². The van der Waals surface area contributed by atoms with Gasteiger partial charge in [-0.05, 0) is 55.1 Å². The van der Waals surface area contributed by atoms with Crippen molar-refractivity contribution in [2.24, 2.45) is 0 Å². The fourth-order valence-corrected chi connectivity index (χ4v) is 6.08. The number of carbonyl (C=O) groups excluding carboxylic acids is 1. The highest BCUT2D eigenvalue weighted by molar-refractivity contribution is 5.93. The molecule has 0 radical (unpaired) electrons. The van der Waals surface area contributed by atoms with Crippen LogP contribution in [0, 0.1) is 0 Å². The van der Waals surface area contributed by atoms with E-state index in [4.69, 9.17) is 11.5 Å². The standard InChI is InChI=1S/C13H17N3O.C13H15N3O/c2*1-8-6-10(17)13(4-2-3-5-13)11-9(8)7-15-12(14)16-11/h2-3,7-8,10,17H,4-6H2,1H3,(H2,14,15,16);2-3,7-8H,4-6H2,1H3,(H2,14,15,16). The van der Waals surface area contributed by atoms with Crippen LogP contribution in [-0.4, -0.2) is 36.9 Å². The van der Waals surface area contributed by atoms with E-state index in [1.165, 1.54) is 0 Å². The lowest BCUT2D eigenvalue weighted by atomic mass is 9.66. The number of nitrogen functional groups attached to an aromatic ring is 2. The van der Waals surface area contributed by atoms with Gasteiger partial charge in [0.1, 0.15) is 5.78 Å². The third-order valence-electron chi connectivity index (χ3n) is 8.13. The highest BCUT2D eigenvalue weighted by Gasteiger charge is 2.48. The Kier molecular flexibility index (Phi) is 5.51. The van der Waals surface area contributed by atoms with E-state index in [0.29, 0.717) is 24.1 Å². The molecule has 3 atom stereocenters. The Morgan fingerprint density at radius 1 is 0.853 bits per heavy atom. The van der Waals surface area contributed by atoms with Crippen molar-refractivity contribution in [3.05, 3.63) is 59.2 Å². The van der Waals surface area contributed by atoms with Crippen LogP contribution in [0.3, 0.4) is 0 Å². The number of Topliss-reactive ketones (excluding diaryl/α,β-unsaturated/α-hetero) is 1. The fraction of sp³-hybridized carbons (Fsp3) is 0.500. The zero-order chi connectivity index (χ0) is 24.1. The molecule has 0 saturated carbocycles. The Hall–Kier alpha value is -3.13. The molecule has 3 unspecified atom stereocenters. The number of nitrogens with zero attached hydrogens (tertiary/aromatic N) is 4. The van der Waals surface area contributed by atoms with E-state index in [0.717, 1.165) is 54.6 Å². The van der Waals surface area contributed by atoms with Crippen molar-refractivity contribution in [1.29, 1.82) is 0 Å². The highest BCUT2D eigenvalue weighted by atomic mass is 16.3. The molecule has 4 aliphatic carbocycles. The smallest absolute Gasteiger partial charge is 0.220 e. The van der Waals surface area contributed by atoms with Crippen LogP contribution in [0.25, 0.3) is 0 Å². The SMILES string of the molecule is CC1CC(=O)C2(CC=CC2)c2nc(N)ncc21.CC1CC(O)C2(CC=CC2)c2nc(N)ncc21. The summed E-state index contributed by atoms with van der Waals surface area (Å²) in [7, 11) is 0. The van der Waals surface area contributed by atoms with Gasteiger partial charge in [0.05, 0.1) is 22.9 Å². The summed E-state index contributed by atoms with van der Waals surface area (Å²) in [6.07, 6.45) is 16.2. The van der Waals surface area contributed by atoms with Crippen LogP contribution in [-0.2, 0) is 15.6 Å². The Labute approximate surface area is 199 Å². The molecule has 0 fully saturated rings. The van der Waals surface area contributed by atoms with Gasteiger partial charge in [-0.3, -0.25) is 4.79 Å². The third-order valence-corrected chi connectivity index (χ3v) is 8.13. The maximum Gasteiger partial charge on any atom is 0.220 e. The van der Waals surface area contributed by atoms with Gasteiger partial charge in [-0.1, -0.05) is 38.2 Å². The van der Waals surface area contributed by atoms with Gasteiger partial charge >= 0.3 is 0 Å². The number of hydrogen-bond acceptors (Lipinski definition) is 8. The van der Waals surface area contributed by atoms with Gasteiger partial charge < -0.3 is 16.6 Å². The van der Waals surface area contributed by atoms with Crippen molar-refractivity contribution in [3.8, 4) is 0 Å². The van der Waals surface area contributed by atoms with Gasteiger partial charge in [0.15, 0.2) is 0 Å². The highest BCUT2D eigenvalue weighted by Crippen LogP contribution is 2.49. The average Bonchev–Trinajstić information content (AvgIpc) is 3.49. The summed E-state index contributed by atoms with van der Waals surface area (Å²) in [5.74, 6) is 1.35. The summed E-state index contributed by atoms with van der Waals surface area (Å²) in [6.45, 7) is 4.16. The lowest BCUT2D eigenvalue weighted by molar-refractivity contribution is -0.125. The molecule has 0 bridgehead atoms. The van der Waals surface area contributed by atoms with Crippen molar-refractivity contribution < 1.29 is 9.90 Å². The summed E-state index contributed by atoms with van der Waals surface area (Å²) >= 11 is 0. The minimum absolute atomic E-state index is 0.198. The number of aromatic nitrogens is 4. The molecule has 0 aromatic carbocycles. The minimum atomic E-state index is -0.446. The van der Waals surface area contributed by atoms with Crippen LogP contribution < -0.4 is 11.5 Å². The van der Waals surface area contributed by atoms with Gasteiger partial charge in [0.25, 0.3) is 0 Å². The van der Waals surface area contributed by atoms with Gasteiger partial charge in [-0.2, -0.15) is 0 Å². The largest absolute Gasteiger partial charge is 0.392 e. The first-order valence-electron chi connectivity index (χ1n) is 12.0. The molecule has 0 aliphatic heterocycles. The van der Waals surface area contributed by atoms with Crippen LogP contribution in [0.2, 0.25) is 0 Å². The van der Waals surface area contributed by atoms with Crippen molar-refractivity contribution in [2.75, 3.05) is 11.5 Å². The monoisotopic (exact) mass is 460 g/mol. The van der Waals surface area contributed by atoms with Crippen LogP contribution in [0.1, 0.15) is 86.7 Å². The van der Waals surface area contributed by atoms with Crippen LogP contribution in [0.4, 0.5) is 11.9 Å². The van der Waals surface area contributed by atoms with Gasteiger partial charge in [-0.15, -0.1) is 0 Å². The van der Waals surface area contributed by atoms with Gasteiger partial charge in [0, 0.05) is 24.2 Å². The number of aliphatic hydroxyl groups is 1. The molecule has 2 aromatic heterocycles. The van der Waals surface area contributed by atoms with E-state index in [1.54, 1.807) is 6.20 Å². The van der Waals surface area contributed by atoms with Crippen LogP contribution in [0.5, 0.6) is 0 Å². The molecule has 2 heterocycles. The number of allylic oxidation sites excluding steroid dienone is 4. The number of rotatable bonds is 0. The van der Waals surface area contributed by atoms with Crippen molar-refractivity contribution in [1.82, 2.24) is 19.9 Å². The lowest BCUT2D eigenvalue weighted by Gasteiger charge is -2.41. The Balaban J connectivity index is 0.000000142. The molecule has 5 N–H and O–H groups in total. The topological polar surface area (TPSA) is 141 Å². The fourth-order valence-electron chi connectivity index (χ4n) is 6.08. The van der Waals surface area contributed by atoms with Crippen molar-refractivity contribution in [2.45, 2.75) is 81.1 Å². The summed E-state index contributed by atoms with van der Waals surface area (Å²) in [5.41, 5.74) is 14.7. The first kappa shape index (κ1) is 22.7. The number of aliphatic hydroxyl groups excluding tert-OH is 1. The minimum Gasteiger partial charge on any atom is -0.392 e. The van der Waals surface area contributed by atoms with E-state index in [2.05, 4.69) is 51.2 Å². The summed E-state index contributed by atoms with van der Waals surface area (Å²) in [6, 6.07) is 0. The van der Waals surface area contributed by atoms with Crippen molar-refractivity contribution >= 4 is 17.7 Å². The second kappa shape index (κ2) is 8.27. The normalized spacial score (nSPS) is 27.4. The average molecular weight is 461 g/mol. The summed E-state index contributed by atoms with van der Waals surface area (Å²) < 4.78 is 0. The van der Waals surface area contributed by atoms with Gasteiger partial charge in [-0.25, -0.2) is 19.9 Å². The van der Waals surface area contributed by atoms with Gasteiger partial charge in [0.2, 0.25) is 11.9 Å². The second-order valence-electron chi connectivity index (χ2n) is 10.2. The zero-order valence-corrected chi connectivity index (χ0v) is 19.7. The lowest BCUT2D eigenvalue weighted by Crippen LogP contribution is -2.43. The predicted octanol–water partition coefficient (Wildman–Crippen LogP) is 3.24. The number of nitrogens with two attached hydrogens (primary N) is 2. The number of carbonyl (C=O) groups is 1. The van der Waals surface area contributed by atoms with E-state index in [-0.39, 0.29) is 23.4 Å². The first-order chi connectivity index (χ1) is 16.3. The first-order valence-corrected chi connectivity index (χ1v) is 12.0. The molecule has 0 amide bonds. The van der Waals surface area contributed by atoms with Crippen molar-refractivity contribution in [3.63, 3.8) is 0 Å². The molecule has 6 rings (SSSR count). The molecular weight excluding hydrogens is 428 g/mol. The number of hydrogen-bond donors (Lipinski definition) is 3. The van der Waals surface area contributed by atoms with E-state index in [1.807, 2.05) is 13.1 Å².